The second-order valence-electron chi connectivity index (χ2n) is 7.84. The molecule has 0 saturated carbocycles. The highest BCUT2D eigenvalue weighted by atomic mass is 16.5. The summed E-state index contributed by atoms with van der Waals surface area (Å²) in [4.78, 5) is 17.0. The maximum Gasteiger partial charge on any atom is 0.336 e. The number of aromatic carboxylic acids is 1. The molecule has 0 unspecified atom stereocenters. The summed E-state index contributed by atoms with van der Waals surface area (Å²) in [5, 5.41) is 11.5. The molecule has 5 rings (SSSR count). The van der Waals surface area contributed by atoms with E-state index < -0.39 is 5.97 Å². The van der Waals surface area contributed by atoms with Crippen molar-refractivity contribution in [2.24, 2.45) is 0 Å². The highest BCUT2D eigenvalue weighted by Crippen LogP contribution is 2.37. The number of hydrogen-bond donors (Lipinski definition) is 1. The summed E-state index contributed by atoms with van der Waals surface area (Å²) in [5.41, 5.74) is 4.79. The zero-order valence-electron chi connectivity index (χ0n) is 17.8. The Balaban J connectivity index is 1.68. The largest absolute Gasteiger partial charge is 0.488 e. The van der Waals surface area contributed by atoms with Crippen molar-refractivity contribution in [3.05, 3.63) is 95.1 Å². The highest BCUT2D eigenvalue weighted by Gasteiger charge is 2.21. The van der Waals surface area contributed by atoms with Gasteiger partial charge in [0.2, 0.25) is 0 Å². The van der Waals surface area contributed by atoms with E-state index in [1.165, 1.54) is 0 Å². The third-order valence-corrected chi connectivity index (χ3v) is 5.56. The van der Waals surface area contributed by atoms with Crippen molar-refractivity contribution in [1.82, 2.24) is 4.98 Å². The summed E-state index contributed by atoms with van der Waals surface area (Å²) >= 11 is 0. The Labute approximate surface area is 184 Å². The molecule has 0 aliphatic carbocycles. The number of carboxylic acid groups (broad SMARTS) is 1. The van der Waals surface area contributed by atoms with Crippen LogP contribution in [0.4, 0.5) is 0 Å². The lowest BCUT2D eigenvalue weighted by molar-refractivity contribution is 0.0698. The first kappa shape index (κ1) is 19.8. The van der Waals surface area contributed by atoms with E-state index >= 15 is 0 Å². The SMILES string of the molecule is Cc1cc(OCc2ccccc2)c2c(C(=O)O)cc(-c3oc4ccccc4c3C)nc2c1. The number of hydrogen-bond acceptors (Lipinski definition) is 4. The maximum absolute atomic E-state index is 12.3. The second kappa shape index (κ2) is 7.85. The van der Waals surface area contributed by atoms with E-state index in [0.29, 0.717) is 34.7 Å². The fourth-order valence-electron chi connectivity index (χ4n) is 4.02. The van der Waals surface area contributed by atoms with Gasteiger partial charge in [0.15, 0.2) is 5.76 Å². The zero-order valence-corrected chi connectivity index (χ0v) is 17.8. The van der Waals surface area contributed by atoms with Crippen LogP contribution in [0.25, 0.3) is 33.3 Å². The number of aromatic nitrogens is 1. The molecule has 0 fully saturated rings. The highest BCUT2D eigenvalue weighted by molar-refractivity contribution is 6.06. The zero-order chi connectivity index (χ0) is 22.2. The molecule has 0 saturated heterocycles. The Morgan fingerprint density at radius 2 is 1.75 bits per heavy atom. The van der Waals surface area contributed by atoms with Gasteiger partial charge in [0.25, 0.3) is 0 Å². The molecule has 0 radical (unpaired) electrons. The van der Waals surface area contributed by atoms with Gasteiger partial charge in [0, 0.05) is 10.9 Å². The van der Waals surface area contributed by atoms with E-state index in [1.807, 2.05) is 80.6 Å². The molecule has 0 atom stereocenters. The van der Waals surface area contributed by atoms with Crippen LogP contribution < -0.4 is 4.74 Å². The van der Waals surface area contributed by atoms with E-state index in [9.17, 15) is 9.90 Å². The van der Waals surface area contributed by atoms with E-state index in [2.05, 4.69) is 0 Å². The molecule has 2 aromatic heterocycles. The minimum Gasteiger partial charge on any atom is -0.488 e. The van der Waals surface area contributed by atoms with Gasteiger partial charge in [-0.2, -0.15) is 0 Å². The summed E-state index contributed by atoms with van der Waals surface area (Å²) in [6.07, 6.45) is 0. The molecule has 0 amide bonds. The molecular formula is C27H21NO4. The third kappa shape index (κ3) is 3.48. The van der Waals surface area contributed by atoms with Crippen LogP contribution in [0.2, 0.25) is 0 Å². The molecule has 1 N–H and O–H groups in total. The molecular weight excluding hydrogens is 402 g/mol. The maximum atomic E-state index is 12.3. The fraction of sp³-hybridized carbons (Fsp3) is 0.111. The van der Waals surface area contributed by atoms with Gasteiger partial charge in [-0.3, -0.25) is 0 Å². The van der Waals surface area contributed by atoms with Crippen LogP contribution in [0.1, 0.15) is 27.0 Å². The molecule has 0 spiro atoms. The molecule has 2 heterocycles. The van der Waals surface area contributed by atoms with Gasteiger partial charge in [-0.05, 0) is 49.2 Å². The number of fused-ring (bicyclic) bond motifs is 2. The second-order valence-corrected chi connectivity index (χ2v) is 7.84. The molecule has 5 aromatic rings. The lowest BCUT2D eigenvalue weighted by Crippen LogP contribution is -2.04. The van der Waals surface area contributed by atoms with Crippen molar-refractivity contribution < 1.29 is 19.1 Å². The summed E-state index contributed by atoms with van der Waals surface area (Å²) in [7, 11) is 0. The topological polar surface area (TPSA) is 72.6 Å². The van der Waals surface area contributed by atoms with E-state index in [4.69, 9.17) is 14.1 Å². The summed E-state index contributed by atoms with van der Waals surface area (Å²) < 4.78 is 12.1. The predicted octanol–water partition coefficient (Wildman–Crippen LogP) is 6.54. The first-order chi connectivity index (χ1) is 15.5. The number of aryl methyl sites for hydroxylation is 2. The smallest absolute Gasteiger partial charge is 0.336 e. The molecule has 0 aliphatic heterocycles. The predicted molar refractivity (Wildman–Crippen MR) is 124 cm³/mol. The van der Waals surface area contributed by atoms with Crippen LogP contribution in [0.5, 0.6) is 5.75 Å². The number of carbonyl (C=O) groups is 1. The Hall–Kier alpha value is -4.12. The standard InChI is InChI=1S/C27H21NO4/c1-16-12-21-25(24(13-16)31-15-18-8-4-3-5-9-18)20(27(29)30)14-22(28-21)26-17(2)19-10-6-7-11-23(19)32-26/h3-14H,15H2,1-2H3,(H,29,30). The van der Waals surface area contributed by atoms with Crippen molar-refractivity contribution >= 4 is 27.8 Å². The number of pyridine rings is 1. The molecule has 0 aliphatic rings. The monoisotopic (exact) mass is 423 g/mol. The Bertz CT molecular complexity index is 1470. The Morgan fingerprint density at radius 3 is 2.50 bits per heavy atom. The number of benzene rings is 3. The van der Waals surface area contributed by atoms with E-state index in [1.54, 1.807) is 6.07 Å². The van der Waals surface area contributed by atoms with Crippen molar-refractivity contribution in [2.75, 3.05) is 0 Å². The number of rotatable bonds is 5. The van der Waals surface area contributed by atoms with Gasteiger partial charge in [-0.15, -0.1) is 0 Å². The van der Waals surface area contributed by atoms with Crippen molar-refractivity contribution in [3.63, 3.8) is 0 Å². The number of furan rings is 1. The van der Waals surface area contributed by atoms with Crippen LogP contribution in [0.3, 0.4) is 0 Å². The van der Waals surface area contributed by atoms with Gasteiger partial charge in [-0.1, -0.05) is 48.5 Å². The van der Waals surface area contributed by atoms with Crippen LogP contribution in [-0.2, 0) is 6.61 Å². The van der Waals surface area contributed by atoms with Gasteiger partial charge in [0.1, 0.15) is 23.6 Å². The fourth-order valence-corrected chi connectivity index (χ4v) is 4.02. The quantitative estimate of drug-likeness (QED) is 0.347. The third-order valence-electron chi connectivity index (χ3n) is 5.56. The average Bonchev–Trinajstić information content (AvgIpc) is 3.14. The number of ether oxygens (including phenoxy) is 1. The lowest BCUT2D eigenvalue weighted by Gasteiger charge is -2.13. The Kier molecular flexibility index (Phi) is 4.86. The van der Waals surface area contributed by atoms with Crippen molar-refractivity contribution in [1.29, 1.82) is 0 Å². The molecule has 3 aromatic carbocycles. The van der Waals surface area contributed by atoms with Crippen molar-refractivity contribution in [2.45, 2.75) is 20.5 Å². The molecule has 158 valence electrons. The average molecular weight is 423 g/mol. The number of carboxylic acids is 1. The summed E-state index contributed by atoms with van der Waals surface area (Å²) in [6, 6.07) is 22.8. The van der Waals surface area contributed by atoms with E-state index in [0.717, 1.165) is 27.7 Å². The van der Waals surface area contributed by atoms with Crippen LogP contribution in [0, 0.1) is 13.8 Å². The normalized spacial score (nSPS) is 11.2. The lowest BCUT2D eigenvalue weighted by atomic mass is 10.0. The summed E-state index contributed by atoms with van der Waals surface area (Å²) in [5.74, 6) is 0.0336. The molecule has 0 bridgehead atoms. The molecule has 32 heavy (non-hydrogen) atoms. The van der Waals surface area contributed by atoms with E-state index in [-0.39, 0.29) is 5.56 Å². The van der Waals surface area contributed by atoms with Gasteiger partial charge < -0.3 is 14.3 Å². The van der Waals surface area contributed by atoms with Crippen molar-refractivity contribution in [3.8, 4) is 17.2 Å². The number of nitrogens with zero attached hydrogens (tertiary/aromatic N) is 1. The Morgan fingerprint density at radius 1 is 1.00 bits per heavy atom. The van der Waals surface area contributed by atoms with Crippen LogP contribution >= 0.6 is 0 Å². The molecule has 5 heteroatoms. The number of para-hydroxylation sites is 1. The first-order valence-corrected chi connectivity index (χ1v) is 10.3. The first-order valence-electron chi connectivity index (χ1n) is 10.3. The van der Waals surface area contributed by atoms with Gasteiger partial charge >= 0.3 is 5.97 Å². The minimum absolute atomic E-state index is 0.132. The van der Waals surface area contributed by atoms with Gasteiger partial charge in [-0.25, -0.2) is 9.78 Å². The summed E-state index contributed by atoms with van der Waals surface area (Å²) in [6.45, 7) is 4.23. The molecule has 5 nitrogen and oxygen atoms in total. The van der Waals surface area contributed by atoms with Crippen LogP contribution in [0.15, 0.2) is 77.2 Å². The van der Waals surface area contributed by atoms with Gasteiger partial charge in [0.05, 0.1) is 16.5 Å². The minimum atomic E-state index is -1.04. The van der Waals surface area contributed by atoms with Crippen LogP contribution in [-0.4, -0.2) is 16.1 Å².